The molecule has 3 heterocycles. The summed E-state index contributed by atoms with van der Waals surface area (Å²) in [6.07, 6.45) is 3.61. The third kappa shape index (κ3) is 3.49. The minimum Gasteiger partial charge on any atom is -0.342 e. The summed E-state index contributed by atoms with van der Waals surface area (Å²) in [6.45, 7) is 6.51. The van der Waals surface area contributed by atoms with Crippen LogP contribution in [0, 0.1) is 16.6 Å². The Kier molecular flexibility index (Phi) is 5.24. The Morgan fingerprint density at radius 2 is 1.69 bits per heavy atom. The average Bonchev–Trinajstić information content (AvgIpc) is 3.18. The zero-order valence-electron chi connectivity index (χ0n) is 17.2. The van der Waals surface area contributed by atoms with Crippen LogP contribution in [0.1, 0.15) is 31.7 Å². The normalized spacial score (nSPS) is 28.1. The van der Waals surface area contributed by atoms with Crippen molar-refractivity contribution in [3.63, 3.8) is 0 Å². The maximum atomic E-state index is 13.4. The molecule has 1 atom stereocenters. The summed E-state index contributed by atoms with van der Waals surface area (Å²) in [5, 5.41) is 0. The fourth-order valence-corrected chi connectivity index (χ4v) is 6.59. The summed E-state index contributed by atoms with van der Waals surface area (Å²) in [5.74, 6) is -0.0986. The summed E-state index contributed by atoms with van der Waals surface area (Å²) in [7, 11) is -3.34. The van der Waals surface area contributed by atoms with Crippen LogP contribution in [0.25, 0.3) is 0 Å². The SMILES string of the molecule is CCN1CC[C@]2(CN(S(C)(=O)=O)CC23CCN(Cc2ccc(F)cc2)CC3)C1=O. The van der Waals surface area contributed by atoms with Crippen molar-refractivity contribution in [2.24, 2.45) is 10.8 Å². The molecule has 1 aromatic carbocycles. The molecule has 3 aliphatic rings. The van der Waals surface area contributed by atoms with Gasteiger partial charge in [0, 0.05) is 38.1 Å². The highest BCUT2D eigenvalue weighted by Gasteiger charge is 2.66. The number of piperidine rings is 1. The second-order valence-corrected chi connectivity index (χ2v) is 10.9. The van der Waals surface area contributed by atoms with Crippen LogP contribution in [-0.2, 0) is 21.4 Å². The summed E-state index contributed by atoms with van der Waals surface area (Å²) in [6, 6.07) is 6.57. The number of amides is 1. The summed E-state index contributed by atoms with van der Waals surface area (Å²) in [5.41, 5.74) is 0.181. The second-order valence-electron chi connectivity index (χ2n) is 8.93. The van der Waals surface area contributed by atoms with Crippen LogP contribution >= 0.6 is 0 Å². The number of fused-ring (bicyclic) bond motifs is 1. The molecule has 1 amide bonds. The van der Waals surface area contributed by atoms with Crippen molar-refractivity contribution in [1.82, 2.24) is 14.1 Å². The quantitative estimate of drug-likeness (QED) is 0.743. The van der Waals surface area contributed by atoms with E-state index in [1.54, 1.807) is 4.31 Å². The maximum Gasteiger partial charge on any atom is 0.230 e. The Hall–Kier alpha value is -1.51. The molecule has 3 fully saturated rings. The minimum atomic E-state index is -3.34. The first-order valence-electron chi connectivity index (χ1n) is 10.4. The number of carbonyl (C=O) groups is 1. The Morgan fingerprint density at radius 1 is 1.03 bits per heavy atom. The predicted octanol–water partition coefficient (Wildman–Crippen LogP) is 1.92. The molecular weight excluding hydrogens is 393 g/mol. The van der Waals surface area contributed by atoms with Gasteiger partial charge in [0.2, 0.25) is 15.9 Å². The molecule has 0 radical (unpaired) electrons. The highest BCUT2D eigenvalue weighted by molar-refractivity contribution is 7.88. The number of benzene rings is 1. The van der Waals surface area contributed by atoms with Crippen molar-refractivity contribution in [3.8, 4) is 0 Å². The minimum absolute atomic E-state index is 0.137. The Balaban J connectivity index is 1.55. The molecule has 0 aromatic heterocycles. The van der Waals surface area contributed by atoms with Gasteiger partial charge in [0.1, 0.15) is 5.82 Å². The van der Waals surface area contributed by atoms with Crippen molar-refractivity contribution in [2.45, 2.75) is 32.7 Å². The van der Waals surface area contributed by atoms with E-state index in [0.29, 0.717) is 26.2 Å². The van der Waals surface area contributed by atoms with E-state index in [9.17, 15) is 17.6 Å². The van der Waals surface area contributed by atoms with E-state index in [1.807, 2.05) is 24.0 Å². The number of nitrogens with zero attached hydrogens (tertiary/aromatic N) is 3. The lowest BCUT2D eigenvalue weighted by molar-refractivity contribution is -0.142. The molecular formula is C21H30FN3O3S. The monoisotopic (exact) mass is 423 g/mol. The van der Waals surface area contributed by atoms with Crippen LogP contribution < -0.4 is 0 Å². The molecule has 1 aromatic rings. The zero-order valence-corrected chi connectivity index (χ0v) is 18.0. The van der Waals surface area contributed by atoms with Crippen LogP contribution in [0.3, 0.4) is 0 Å². The van der Waals surface area contributed by atoms with Gasteiger partial charge >= 0.3 is 0 Å². The molecule has 0 aliphatic carbocycles. The molecule has 4 rings (SSSR count). The zero-order chi connectivity index (χ0) is 20.9. The van der Waals surface area contributed by atoms with Crippen LogP contribution in [0.2, 0.25) is 0 Å². The van der Waals surface area contributed by atoms with E-state index in [2.05, 4.69) is 4.90 Å². The van der Waals surface area contributed by atoms with Gasteiger partial charge in [-0.2, -0.15) is 0 Å². The van der Waals surface area contributed by atoms with Crippen LogP contribution in [0.15, 0.2) is 24.3 Å². The van der Waals surface area contributed by atoms with Gasteiger partial charge < -0.3 is 4.90 Å². The first-order valence-corrected chi connectivity index (χ1v) is 12.3. The molecule has 6 nitrogen and oxygen atoms in total. The van der Waals surface area contributed by atoms with E-state index in [-0.39, 0.29) is 17.1 Å². The Labute approximate surface area is 172 Å². The largest absolute Gasteiger partial charge is 0.342 e. The smallest absolute Gasteiger partial charge is 0.230 e. The highest BCUT2D eigenvalue weighted by atomic mass is 32.2. The van der Waals surface area contributed by atoms with Crippen molar-refractivity contribution < 1.29 is 17.6 Å². The van der Waals surface area contributed by atoms with Crippen LogP contribution in [-0.4, -0.2) is 74.0 Å². The number of hydrogen-bond donors (Lipinski definition) is 0. The van der Waals surface area contributed by atoms with E-state index in [4.69, 9.17) is 0 Å². The molecule has 3 saturated heterocycles. The predicted molar refractivity (Wildman–Crippen MR) is 109 cm³/mol. The lowest BCUT2D eigenvalue weighted by Gasteiger charge is -2.47. The first kappa shape index (κ1) is 20.8. The highest BCUT2D eigenvalue weighted by Crippen LogP contribution is 2.58. The lowest BCUT2D eigenvalue weighted by Crippen LogP contribution is -2.52. The molecule has 0 bridgehead atoms. The van der Waals surface area contributed by atoms with Crippen molar-refractivity contribution in [1.29, 1.82) is 0 Å². The summed E-state index contributed by atoms with van der Waals surface area (Å²) in [4.78, 5) is 17.6. The van der Waals surface area contributed by atoms with Crippen molar-refractivity contribution in [2.75, 3.05) is 45.5 Å². The summed E-state index contributed by atoms with van der Waals surface area (Å²) < 4.78 is 39.4. The van der Waals surface area contributed by atoms with Crippen LogP contribution in [0.4, 0.5) is 4.39 Å². The van der Waals surface area contributed by atoms with Crippen LogP contribution in [0.5, 0.6) is 0 Å². The third-order valence-electron chi connectivity index (χ3n) is 7.43. The Bertz CT molecular complexity index is 881. The number of carbonyl (C=O) groups excluding carboxylic acids is 1. The molecule has 0 N–H and O–H groups in total. The van der Waals surface area contributed by atoms with Crippen molar-refractivity contribution >= 4 is 15.9 Å². The number of hydrogen-bond acceptors (Lipinski definition) is 4. The van der Waals surface area contributed by atoms with Gasteiger partial charge in [0.25, 0.3) is 0 Å². The maximum absolute atomic E-state index is 13.4. The number of rotatable bonds is 4. The average molecular weight is 424 g/mol. The van der Waals surface area contributed by atoms with Gasteiger partial charge in [-0.1, -0.05) is 12.1 Å². The molecule has 160 valence electrons. The van der Waals surface area contributed by atoms with Gasteiger partial charge in [-0.3, -0.25) is 9.69 Å². The van der Waals surface area contributed by atoms with Gasteiger partial charge in [0.15, 0.2) is 0 Å². The third-order valence-corrected chi connectivity index (χ3v) is 8.63. The lowest BCUT2D eigenvalue weighted by atomic mass is 9.60. The second kappa shape index (κ2) is 7.32. The fraction of sp³-hybridized carbons (Fsp3) is 0.667. The van der Waals surface area contributed by atoms with Gasteiger partial charge in [-0.05, 0) is 57.0 Å². The van der Waals surface area contributed by atoms with E-state index < -0.39 is 15.4 Å². The van der Waals surface area contributed by atoms with E-state index >= 15 is 0 Å². The summed E-state index contributed by atoms with van der Waals surface area (Å²) >= 11 is 0. The van der Waals surface area contributed by atoms with E-state index in [0.717, 1.165) is 44.5 Å². The van der Waals surface area contributed by atoms with Gasteiger partial charge in [0.05, 0.1) is 11.7 Å². The van der Waals surface area contributed by atoms with Gasteiger partial charge in [-0.15, -0.1) is 0 Å². The standard InChI is InChI=1S/C21H30FN3O3S/c1-3-24-13-10-21(19(24)26)16-25(29(2,27)28)15-20(21)8-11-23(12-9-20)14-17-4-6-18(22)7-5-17/h4-7H,3,8-16H2,1-2H3/t21-/m0/s1. The molecule has 3 aliphatic heterocycles. The molecule has 8 heteroatoms. The number of halogens is 1. The topological polar surface area (TPSA) is 60.9 Å². The van der Waals surface area contributed by atoms with Gasteiger partial charge in [-0.25, -0.2) is 17.1 Å². The number of likely N-dealkylation sites (tertiary alicyclic amines) is 2. The fourth-order valence-electron chi connectivity index (χ4n) is 5.65. The molecule has 29 heavy (non-hydrogen) atoms. The van der Waals surface area contributed by atoms with E-state index in [1.165, 1.54) is 18.4 Å². The Morgan fingerprint density at radius 3 is 2.24 bits per heavy atom. The molecule has 2 spiro atoms. The number of sulfonamides is 1. The first-order chi connectivity index (χ1) is 13.7. The van der Waals surface area contributed by atoms with Crippen molar-refractivity contribution in [3.05, 3.63) is 35.6 Å². The molecule has 0 unspecified atom stereocenters. The molecule has 0 saturated carbocycles.